The summed E-state index contributed by atoms with van der Waals surface area (Å²) in [4.78, 5) is 15.6. The summed E-state index contributed by atoms with van der Waals surface area (Å²) in [6, 6.07) is 8.43. The lowest BCUT2D eigenvalue weighted by Crippen LogP contribution is -2.49. The number of carbonyl (C=O) groups is 1. The van der Waals surface area contributed by atoms with Gasteiger partial charge in [0.15, 0.2) is 0 Å². The van der Waals surface area contributed by atoms with Gasteiger partial charge >= 0.3 is 0 Å². The minimum atomic E-state index is 0. The Bertz CT molecular complexity index is 469. The highest BCUT2D eigenvalue weighted by molar-refractivity contribution is 8.00. The number of carbonyl (C=O) groups excluding carboxylic acids is 1. The van der Waals surface area contributed by atoms with E-state index in [2.05, 4.69) is 26.0 Å². The average Bonchev–Trinajstić information content (AvgIpc) is 2.46. The molecule has 1 aliphatic rings. The van der Waals surface area contributed by atoms with Crippen molar-refractivity contribution in [2.45, 2.75) is 37.6 Å². The van der Waals surface area contributed by atoms with E-state index >= 15 is 0 Å². The van der Waals surface area contributed by atoms with Crippen molar-refractivity contribution in [3.63, 3.8) is 0 Å². The minimum absolute atomic E-state index is 0. The van der Waals surface area contributed by atoms with E-state index < -0.39 is 0 Å². The van der Waals surface area contributed by atoms with Crippen LogP contribution in [0.15, 0.2) is 29.2 Å². The zero-order valence-corrected chi connectivity index (χ0v) is 14.4. The fraction of sp³-hybridized carbons (Fsp3) is 0.562. The number of nitrogens with zero attached hydrogens (tertiary/aromatic N) is 1. The molecule has 2 rings (SSSR count). The number of halogens is 1. The number of hydrogen-bond acceptors (Lipinski definition) is 3. The van der Waals surface area contributed by atoms with Crippen molar-refractivity contribution in [3.8, 4) is 0 Å². The average molecular weight is 329 g/mol. The van der Waals surface area contributed by atoms with Gasteiger partial charge in [-0.05, 0) is 37.3 Å². The Kier molecular flexibility index (Phi) is 7.57. The van der Waals surface area contributed by atoms with Crippen LogP contribution < -0.4 is 5.73 Å². The number of likely N-dealkylation sites (tertiary alicyclic amines) is 1. The molecular weight excluding hydrogens is 304 g/mol. The Labute approximate surface area is 138 Å². The molecular formula is C16H25ClN2OS. The number of benzene rings is 1. The molecule has 1 heterocycles. The molecule has 0 spiro atoms. The Hall–Kier alpha value is -0.710. The van der Waals surface area contributed by atoms with Gasteiger partial charge in [-0.3, -0.25) is 4.79 Å². The highest BCUT2D eigenvalue weighted by atomic mass is 35.5. The maximum absolute atomic E-state index is 12.4. The first-order valence-electron chi connectivity index (χ1n) is 7.29. The third-order valence-electron chi connectivity index (χ3n) is 4.02. The van der Waals surface area contributed by atoms with Gasteiger partial charge in [0, 0.05) is 24.0 Å². The zero-order valence-electron chi connectivity index (χ0n) is 12.7. The summed E-state index contributed by atoms with van der Waals surface area (Å²) >= 11 is 1.63. The standard InChI is InChI=1S/C16H24N2OS.ClH/c1-12-7-8-18(14(9-12)10-17)16(19)11-20-15-6-4-3-5-13(15)2;/h3-6,12,14H,7-11,17H2,1-2H3;1H. The summed E-state index contributed by atoms with van der Waals surface area (Å²) in [5, 5.41) is 0. The van der Waals surface area contributed by atoms with Crippen molar-refractivity contribution in [2.24, 2.45) is 11.7 Å². The first kappa shape index (κ1) is 18.3. The fourth-order valence-corrected chi connectivity index (χ4v) is 3.66. The van der Waals surface area contributed by atoms with E-state index in [9.17, 15) is 4.79 Å². The van der Waals surface area contributed by atoms with Crippen molar-refractivity contribution in [2.75, 3.05) is 18.8 Å². The molecule has 0 aromatic heterocycles. The van der Waals surface area contributed by atoms with Crippen molar-refractivity contribution in [1.82, 2.24) is 4.90 Å². The van der Waals surface area contributed by atoms with Gasteiger partial charge in [-0.15, -0.1) is 24.2 Å². The van der Waals surface area contributed by atoms with Crippen LogP contribution in [0.4, 0.5) is 0 Å². The van der Waals surface area contributed by atoms with Crippen LogP contribution in [0.25, 0.3) is 0 Å². The predicted octanol–water partition coefficient (Wildman–Crippen LogP) is 3.09. The van der Waals surface area contributed by atoms with E-state index in [1.54, 1.807) is 11.8 Å². The lowest BCUT2D eigenvalue weighted by atomic mass is 9.92. The van der Waals surface area contributed by atoms with Gasteiger partial charge in [0.2, 0.25) is 5.91 Å². The van der Waals surface area contributed by atoms with E-state index in [1.807, 2.05) is 17.0 Å². The highest BCUT2D eigenvalue weighted by Gasteiger charge is 2.28. The molecule has 3 nitrogen and oxygen atoms in total. The number of amides is 1. The lowest BCUT2D eigenvalue weighted by molar-refractivity contribution is -0.132. The maximum Gasteiger partial charge on any atom is 0.233 e. The third kappa shape index (κ3) is 4.90. The molecule has 2 atom stereocenters. The van der Waals surface area contributed by atoms with E-state index in [0.29, 0.717) is 18.2 Å². The van der Waals surface area contributed by atoms with Crippen LogP contribution in [-0.4, -0.2) is 35.7 Å². The van der Waals surface area contributed by atoms with Crippen LogP contribution in [-0.2, 0) is 4.79 Å². The zero-order chi connectivity index (χ0) is 14.5. The quantitative estimate of drug-likeness (QED) is 0.864. The number of thioether (sulfide) groups is 1. The van der Waals surface area contributed by atoms with Crippen LogP contribution >= 0.6 is 24.2 Å². The van der Waals surface area contributed by atoms with E-state index in [1.165, 1.54) is 10.5 Å². The first-order chi connectivity index (χ1) is 9.61. The van der Waals surface area contributed by atoms with Crippen LogP contribution in [0.5, 0.6) is 0 Å². The number of nitrogens with two attached hydrogens (primary N) is 1. The molecule has 1 amide bonds. The smallest absolute Gasteiger partial charge is 0.233 e. The van der Waals surface area contributed by atoms with E-state index in [0.717, 1.165) is 19.4 Å². The predicted molar refractivity (Wildman–Crippen MR) is 92.1 cm³/mol. The van der Waals surface area contributed by atoms with E-state index in [4.69, 9.17) is 5.73 Å². The number of rotatable bonds is 4. The summed E-state index contributed by atoms with van der Waals surface area (Å²) in [7, 11) is 0. The topological polar surface area (TPSA) is 46.3 Å². The molecule has 1 fully saturated rings. The molecule has 0 bridgehead atoms. The number of hydrogen-bond donors (Lipinski definition) is 1. The van der Waals surface area contributed by atoms with Crippen LogP contribution in [0, 0.1) is 12.8 Å². The summed E-state index contributed by atoms with van der Waals surface area (Å²) in [6.07, 6.45) is 2.13. The molecule has 118 valence electrons. The van der Waals surface area contributed by atoms with Crippen molar-refractivity contribution < 1.29 is 4.79 Å². The SMILES string of the molecule is Cc1ccccc1SCC(=O)N1CCC(C)CC1CN.Cl. The van der Waals surface area contributed by atoms with Gasteiger partial charge in [-0.25, -0.2) is 0 Å². The molecule has 0 aliphatic carbocycles. The minimum Gasteiger partial charge on any atom is -0.338 e. The Balaban J connectivity index is 0.00000220. The summed E-state index contributed by atoms with van der Waals surface area (Å²) in [5.41, 5.74) is 7.05. The first-order valence-corrected chi connectivity index (χ1v) is 8.28. The second-order valence-corrected chi connectivity index (χ2v) is 6.68. The van der Waals surface area contributed by atoms with Gasteiger partial charge < -0.3 is 10.6 Å². The molecule has 0 saturated carbocycles. The van der Waals surface area contributed by atoms with Gasteiger partial charge in [-0.2, -0.15) is 0 Å². The normalized spacial score (nSPS) is 21.8. The van der Waals surface area contributed by atoms with Crippen molar-refractivity contribution >= 4 is 30.1 Å². The van der Waals surface area contributed by atoms with Crippen LogP contribution in [0.1, 0.15) is 25.3 Å². The second-order valence-electron chi connectivity index (χ2n) is 5.66. The number of piperidine rings is 1. The van der Waals surface area contributed by atoms with Gasteiger partial charge in [0.05, 0.1) is 5.75 Å². The van der Waals surface area contributed by atoms with E-state index in [-0.39, 0.29) is 24.4 Å². The second kappa shape index (κ2) is 8.66. The van der Waals surface area contributed by atoms with Crippen molar-refractivity contribution in [3.05, 3.63) is 29.8 Å². The molecule has 2 N–H and O–H groups in total. The molecule has 21 heavy (non-hydrogen) atoms. The molecule has 1 aliphatic heterocycles. The Morgan fingerprint density at radius 1 is 1.43 bits per heavy atom. The molecule has 2 unspecified atom stereocenters. The molecule has 1 saturated heterocycles. The fourth-order valence-electron chi connectivity index (χ4n) is 2.74. The van der Waals surface area contributed by atoms with Crippen molar-refractivity contribution in [1.29, 1.82) is 0 Å². The summed E-state index contributed by atoms with van der Waals surface area (Å²) < 4.78 is 0. The number of aryl methyl sites for hydroxylation is 1. The molecule has 1 aromatic carbocycles. The highest BCUT2D eigenvalue weighted by Crippen LogP contribution is 2.25. The summed E-state index contributed by atoms with van der Waals surface area (Å²) in [5.74, 6) is 1.41. The van der Waals surface area contributed by atoms with Crippen LogP contribution in [0.3, 0.4) is 0 Å². The molecule has 5 heteroatoms. The molecule has 1 aromatic rings. The molecule has 0 radical (unpaired) electrons. The Morgan fingerprint density at radius 2 is 2.14 bits per heavy atom. The summed E-state index contributed by atoms with van der Waals surface area (Å²) in [6.45, 7) is 5.76. The lowest BCUT2D eigenvalue weighted by Gasteiger charge is -2.38. The largest absolute Gasteiger partial charge is 0.338 e. The third-order valence-corrected chi connectivity index (χ3v) is 5.18. The maximum atomic E-state index is 12.4. The van der Waals surface area contributed by atoms with Crippen LogP contribution in [0.2, 0.25) is 0 Å². The van der Waals surface area contributed by atoms with Gasteiger partial charge in [0.1, 0.15) is 0 Å². The van der Waals surface area contributed by atoms with Gasteiger partial charge in [0.25, 0.3) is 0 Å². The van der Waals surface area contributed by atoms with Gasteiger partial charge in [-0.1, -0.05) is 25.1 Å². The monoisotopic (exact) mass is 328 g/mol. The Morgan fingerprint density at radius 3 is 2.81 bits per heavy atom.